The minimum atomic E-state index is -3.58. The Balaban J connectivity index is 2.24. The number of hydrogen-bond donors (Lipinski definition) is 2. The highest BCUT2D eigenvalue weighted by molar-refractivity contribution is 7.93. The molecule has 0 aromatic carbocycles. The van der Waals surface area contributed by atoms with Crippen molar-refractivity contribution in [3.05, 3.63) is 40.3 Å². The van der Waals surface area contributed by atoms with Crippen LogP contribution in [0, 0.1) is 6.92 Å². The van der Waals surface area contributed by atoms with Crippen LogP contribution in [0.3, 0.4) is 0 Å². The molecular weight excluding hydrogens is 306 g/mol. The lowest BCUT2D eigenvalue weighted by atomic mass is 10.3. The first-order chi connectivity index (χ1) is 9.90. The van der Waals surface area contributed by atoms with Crippen LogP contribution in [0.4, 0.5) is 5.69 Å². The van der Waals surface area contributed by atoms with Crippen molar-refractivity contribution in [1.82, 2.24) is 10.3 Å². The van der Waals surface area contributed by atoms with E-state index in [1.54, 1.807) is 29.9 Å². The van der Waals surface area contributed by atoms with Crippen LogP contribution in [0.1, 0.15) is 24.3 Å². The van der Waals surface area contributed by atoms with E-state index in [2.05, 4.69) is 15.0 Å². The van der Waals surface area contributed by atoms with Crippen LogP contribution in [0.5, 0.6) is 0 Å². The van der Waals surface area contributed by atoms with Gasteiger partial charge in [0.05, 0.1) is 5.69 Å². The molecule has 0 atom stereocenters. The standard InChI is InChI=1S/C14H19N3O2S2/c1-10(2)16-9-13-14(5-7-20-13)21(18,19)17-12-4-6-15-8-11(12)3/h4-8,10,16H,9H2,1-3H3,(H,15,17). The summed E-state index contributed by atoms with van der Waals surface area (Å²) in [5, 5.41) is 5.04. The lowest BCUT2D eigenvalue weighted by Crippen LogP contribution is -2.23. The van der Waals surface area contributed by atoms with E-state index in [0.29, 0.717) is 23.2 Å². The van der Waals surface area contributed by atoms with Gasteiger partial charge in [0.25, 0.3) is 10.0 Å². The zero-order chi connectivity index (χ0) is 15.5. The van der Waals surface area contributed by atoms with E-state index < -0.39 is 10.0 Å². The molecule has 0 spiro atoms. The Labute approximate surface area is 129 Å². The molecule has 7 heteroatoms. The Bertz CT molecular complexity index is 709. The van der Waals surface area contributed by atoms with Gasteiger partial charge in [0, 0.05) is 29.9 Å². The van der Waals surface area contributed by atoms with E-state index in [1.807, 2.05) is 20.8 Å². The normalized spacial score (nSPS) is 11.8. The number of sulfonamides is 1. The van der Waals surface area contributed by atoms with E-state index in [1.165, 1.54) is 11.3 Å². The minimum Gasteiger partial charge on any atom is -0.310 e. The van der Waals surface area contributed by atoms with Gasteiger partial charge in [0.15, 0.2) is 0 Å². The van der Waals surface area contributed by atoms with Crippen LogP contribution < -0.4 is 10.0 Å². The van der Waals surface area contributed by atoms with Crippen LogP contribution in [-0.2, 0) is 16.6 Å². The highest BCUT2D eigenvalue weighted by atomic mass is 32.2. The van der Waals surface area contributed by atoms with Crippen LogP contribution >= 0.6 is 11.3 Å². The zero-order valence-corrected chi connectivity index (χ0v) is 13.9. The summed E-state index contributed by atoms with van der Waals surface area (Å²) in [6.07, 6.45) is 3.20. The lowest BCUT2D eigenvalue weighted by Gasteiger charge is -2.12. The summed E-state index contributed by atoms with van der Waals surface area (Å²) in [5.74, 6) is 0. The predicted octanol–water partition coefficient (Wildman–Crippen LogP) is 2.75. The number of thiophene rings is 1. The summed E-state index contributed by atoms with van der Waals surface area (Å²) in [5.41, 5.74) is 1.34. The predicted molar refractivity (Wildman–Crippen MR) is 86.1 cm³/mol. The lowest BCUT2D eigenvalue weighted by molar-refractivity contribution is 0.581. The van der Waals surface area contributed by atoms with E-state index >= 15 is 0 Å². The zero-order valence-electron chi connectivity index (χ0n) is 12.3. The maximum Gasteiger partial charge on any atom is 0.263 e. The van der Waals surface area contributed by atoms with Crippen molar-refractivity contribution >= 4 is 27.0 Å². The molecule has 0 aliphatic carbocycles. The number of nitrogens with zero attached hydrogens (tertiary/aromatic N) is 1. The van der Waals surface area contributed by atoms with Crippen LogP contribution in [-0.4, -0.2) is 19.4 Å². The Hall–Kier alpha value is -1.44. The highest BCUT2D eigenvalue weighted by Crippen LogP contribution is 2.25. The molecule has 0 aliphatic heterocycles. The monoisotopic (exact) mass is 325 g/mol. The summed E-state index contributed by atoms with van der Waals surface area (Å²) in [6, 6.07) is 3.60. The van der Waals surface area contributed by atoms with E-state index in [-0.39, 0.29) is 0 Å². The third kappa shape index (κ3) is 4.03. The first kappa shape index (κ1) is 15.9. The largest absolute Gasteiger partial charge is 0.310 e. The van der Waals surface area contributed by atoms with Gasteiger partial charge in [-0.25, -0.2) is 8.42 Å². The van der Waals surface area contributed by atoms with Crippen molar-refractivity contribution in [2.75, 3.05) is 4.72 Å². The number of pyridine rings is 1. The second-order valence-corrected chi connectivity index (χ2v) is 7.69. The molecule has 114 valence electrons. The molecule has 2 aromatic heterocycles. The Kier molecular flexibility index (Phi) is 4.97. The van der Waals surface area contributed by atoms with Crippen LogP contribution in [0.25, 0.3) is 0 Å². The number of nitrogens with one attached hydrogen (secondary N) is 2. The molecule has 0 saturated heterocycles. The molecule has 0 aliphatic rings. The molecule has 0 saturated carbocycles. The van der Waals surface area contributed by atoms with Gasteiger partial charge < -0.3 is 5.32 Å². The average Bonchev–Trinajstić information content (AvgIpc) is 2.88. The molecule has 0 amide bonds. The maximum absolute atomic E-state index is 12.5. The summed E-state index contributed by atoms with van der Waals surface area (Å²) < 4.78 is 27.7. The van der Waals surface area contributed by atoms with Crippen molar-refractivity contribution < 1.29 is 8.42 Å². The maximum atomic E-state index is 12.5. The number of aryl methyl sites for hydroxylation is 1. The third-order valence-corrected chi connectivity index (χ3v) is 5.43. The number of aromatic nitrogens is 1. The molecule has 2 rings (SSSR count). The summed E-state index contributed by atoms with van der Waals surface area (Å²) in [4.78, 5) is 5.10. The van der Waals surface area contributed by atoms with E-state index in [4.69, 9.17) is 0 Å². The van der Waals surface area contributed by atoms with Gasteiger partial charge in [-0.05, 0) is 30.0 Å². The fourth-order valence-corrected chi connectivity index (χ4v) is 4.31. The molecular formula is C14H19N3O2S2. The average molecular weight is 325 g/mol. The molecule has 5 nitrogen and oxygen atoms in total. The quantitative estimate of drug-likeness (QED) is 0.857. The molecule has 0 radical (unpaired) electrons. The molecule has 0 unspecified atom stereocenters. The number of anilines is 1. The van der Waals surface area contributed by atoms with Crippen molar-refractivity contribution in [3.8, 4) is 0 Å². The SMILES string of the molecule is Cc1cnccc1NS(=O)(=O)c1ccsc1CNC(C)C. The van der Waals surface area contributed by atoms with Crippen molar-refractivity contribution in [3.63, 3.8) is 0 Å². The van der Waals surface area contributed by atoms with Crippen LogP contribution in [0.15, 0.2) is 34.8 Å². The van der Waals surface area contributed by atoms with Gasteiger partial charge in [-0.2, -0.15) is 0 Å². The van der Waals surface area contributed by atoms with Gasteiger partial charge in [-0.1, -0.05) is 13.8 Å². The van der Waals surface area contributed by atoms with Crippen molar-refractivity contribution in [1.29, 1.82) is 0 Å². The molecule has 2 N–H and O–H groups in total. The smallest absolute Gasteiger partial charge is 0.263 e. The Morgan fingerprint density at radius 3 is 2.76 bits per heavy atom. The summed E-state index contributed by atoms with van der Waals surface area (Å²) >= 11 is 1.44. The highest BCUT2D eigenvalue weighted by Gasteiger charge is 2.20. The summed E-state index contributed by atoms with van der Waals surface area (Å²) in [7, 11) is -3.58. The van der Waals surface area contributed by atoms with Crippen molar-refractivity contribution in [2.45, 2.75) is 38.3 Å². The molecule has 0 fully saturated rings. The molecule has 0 bridgehead atoms. The first-order valence-electron chi connectivity index (χ1n) is 6.63. The van der Waals surface area contributed by atoms with Crippen LogP contribution in [0.2, 0.25) is 0 Å². The summed E-state index contributed by atoms with van der Waals surface area (Å²) in [6.45, 7) is 6.42. The van der Waals surface area contributed by atoms with E-state index in [0.717, 1.165) is 10.4 Å². The number of rotatable bonds is 6. The van der Waals surface area contributed by atoms with E-state index in [9.17, 15) is 8.42 Å². The first-order valence-corrected chi connectivity index (χ1v) is 8.99. The Morgan fingerprint density at radius 1 is 1.33 bits per heavy atom. The topological polar surface area (TPSA) is 71.1 Å². The fraction of sp³-hybridized carbons (Fsp3) is 0.357. The van der Waals surface area contributed by atoms with Gasteiger partial charge in [-0.3, -0.25) is 9.71 Å². The number of hydrogen-bond acceptors (Lipinski definition) is 5. The third-order valence-electron chi connectivity index (χ3n) is 2.93. The second kappa shape index (κ2) is 6.55. The van der Waals surface area contributed by atoms with Gasteiger partial charge in [-0.15, -0.1) is 11.3 Å². The minimum absolute atomic E-state index is 0.304. The fourth-order valence-electron chi connectivity index (χ4n) is 1.78. The molecule has 21 heavy (non-hydrogen) atoms. The van der Waals surface area contributed by atoms with Gasteiger partial charge in [0.1, 0.15) is 4.90 Å². The van der Waals surface area contributed by atoms with Crippen molar-refractivity contribution in [2.24, 2.45) is 0 Å². The molecule has 2 heterocycles. The van der Waals surface area contributed by atoms with Gasteiger partial charge in [0.2, 0.25) is 0 Å². The van der Waals surface area contributed by atoms with Gasteiger partial charge >= 0.3 is 0 Å². The Morgan fingerprint density at radius 2 is 2.10 bits per heavy atom. The second-order valence-electron chi connectivity index (χ2n) is 5.04. The molecule has 2 aromatic rings.